The first-order chi connectivity index (χ1) is 20.9. The fourth-order valence-electron chi connectivity index (χ4n) is 5.26. The third-order valence-electron chi connectivity index (χ3n) is 7.31. The van der Waals surface area contributed by atoms with Crippen LogP contribution in [0.1, 0.15) is 6.92 Å². The lowest BCUT2D eigenvalue weighted by Crippen LogP contribution is -2.71. The van der Waals surface area contributed by atoms with Crippen LogP contribution in [0.2, 0.25) is 0 Å². The Morgan fingerprint density at radius 1 is 1.18 bits per heavy atom. The van der Waals surface area contributed by atoms with Crippen molar-refractivity contribution in [2.24, 2.45) is 0 Å². The first-order valence-electron chi connectivity index (χ1n) is 13.8. The Kier molecular flexibility index (Phi) is 8.87. The molecule has 0 aliphatic carbocycles. The number of fused-ring (bicyclic) bond motifs is 1. The van der Waals surface area contributed by atoms with E-state index >= 15 is 4.39 Å². The van der Waals surface area contributed by atoms with Crippen LogP contribution in [-0.4, -0.2) is 96.6 Å². The predicted molar refractivity (Wildman–Crippen MR) is 154 cm³/mol. The number of thioether (sulfide) groups is 1. The zero-order valence-corrected chi connectivity index (χ0v) is 25.1. The van der Waals surface area contributed by atoms with Gasteiger partial charge in [-0.25, -0.2) is 13.8 Å². The zero-order valence-electron chi connectivity index (χ0n) is 24.2. The van der Waals surface area contributed by atoms with E-state index in [2.05, 4.69) is 10.6 Å². The predicted octanol–water partition coefficient (Wildman–Crippen LogP) is -0.793. The Labute approximate surface area is 256 Å². The second-order valence-corrected chi connectivity index (χ2v) is 12.0. The van der Waals surface area contributed by atoms with Crippen molar-refractivity contribution in [1.29, 1.82) is 0 Å². The number of carboxylic acids is 1. The van der Waals surface area contributed by atoms with Gasteiger partial charge in [-0.15, -0.1) is 11.8 Å². The number of aromatic nitrogens is 1. The molecule has 2 N–H and O–H groups in total. The zero-order chi connectivity index (χ0) is 31.7. The van der Waals surface area contributed by atoms with Crippen molar-refractivity contribution in [2.75, 3.05) is 44.4 Å². The lowest BCUT2D eigenvalue weighted by molar-refractivity contribution is -0.689. The van der Waals surface area contributed by atoms with E-state index in [9.17, 15) is 29.1 Å². The highest BCUT2D eigenvalue weighted by molar-refractivity contribution is 8.00. The summed E-state index contributed by atoms with van der Waals surface area (Å²) in [5.74, 6) is -2.80. The first kappa shape index (κ1) is 30.9. The van der Waals surface area contributed by atoms with Crippen LogP contribution in [-0.2, 0) is 30.5 Å². The maximum Gasteiger partial charge on any atom is 0.414 e. The molecule has 0 saturated carbocycles. The first-order valence-corrected chi connectivity index (χ1v) is 14.8. The van der Waals surface area contributed by atoms with Gasteiger partial charge < -0.3 is 30.2 Å². The number of anilines is 1. The number of aliphatic carboxylic acids is 1. The molecule has 0 radical (unpaired) electrons. The SMILES string of the molecule is CC(=O)NC[C@H]1CN(c2ccc(-c3cc[n+](CC4=C(C(=O)[O-])N5C(=O)[C@@H](NC(=O)CN(C)C)C5SC4)cc3)c(F)c2)C(=O)O1. The molecule has 3 aliphatic heterocycles. The van der Waals surface area contributed by atoms with Crippen molar-refractivity contribution >= 4 is 47.2 Å². The van der Waals surface area contributed by atoms with Crippen molar-refractivity contribution < 1.29 is 42.8 Å². The summed E-state index contributed by atoms with van der Waals surface area (Å²) >= 11 is 1.36. The van der Waals surface area contributed by atoms with Gasteiger partial charge in [-0.1, -0.05) is 0 Å². The van der Waals surface area contributed by atoms with Crippen LogP contribution in [0.25, 0.3) is 11.1 Å². The largest absolute Gasteiger partial charge is 0.543 e. The number of β-lactam (4-membered cyclic amide) rings is 1. The number of likely N-dealkylation sites (N-methyl/N-ethyl adjacent to an activating group) is 1. The van der Waals surface area contributed by atoms with E-state index in [0.717, 1.165) is 0 Å². The van der Waals surface area contributed by atoms with Crippen LogP contribution in [0.4, 0.5) is 14.9 Å². The van der Waals surface area contributed by atoms with Crippen molar-refractivity contribution in [2.45, 2.75) is 31.0 Å². The number of carbonyl (C=O) groups excluding carboxylic acids is 5. The van der Waals surface area contributed by atoms with Crippen LogP contribution in [0.3, 0.4) is 0 Å². The number of benzene rings is 1. The number of nitrogens with one attached hydrogen (secondary N) is 2. The van der Waals surface area contributed by atoms with Gasteiger partial charge in [0.15, 0.2) is 18.9 Å². The van der Waals surface area contributed by atoms with E-state index in [1.165, 1.54) is 34.6 Å². The number of halogens is 1. The average molecular weight is 627 g/mol. The summed E-state index contributed by atoms with van der Waals surface area (Å²) in [7, 11) is 3.46. The molecule has 0 bridgehead atoms. The highest BCUT2D eigenvalue weighted by Crippen LogP contribution is 2.40. The van der Waals surface area contributed by atoms with Gasteiger partial charge in [0.1, 0.15) is 23.3 Å². The van der Waals surface area contributed by atoms with Crippen LogP contribution in [0.15, 0.2) is 54.0 Å². The lowest BCUT2D eigenvalue weighted by Gasteiger charge is -2.50. The number of cyclic esters (lactones) is 1. The summed E-state index contributed by atoms with van der Waals surface area (Å²) in [4.78, 5) is 64.7. The smallest absolute Gasteiger partial charge is 0.414 e. The molecule has 1 aromatic heterocycles. The van der Waals surface area contributed by atoms with Crippen LogP contribution in [0.5, 0.6) is 0 Å². The van der Waals surface area contributed by atoms with Crippen molar-refractivity contribution in [3.63, 3.8) is 0 Å². The third kappa shape index (κ3) is 6.38. The second kappa shape index (κ2) is 12.6. The second-order valence-electron chi connectivity index (χ2n) is 10.9. The highest BCUT2D eigenvalue weighted by Gasteiger charge is 2.53. The third-order valence-corrected chi connectivity index (χ3v) is 8.65. The molecular weight excluding hydrogens is 595 g/mol. The number of hydrogen-bond donors (Lipinski definition) is 2. The van der Waals surface area contributed by atoms with E-state index in [4.69, 9.17) is 4.74 Å². The van der Waals surface area contributed by atoms with Gasteiger partial charge in [0.25, 0.3) is 5.91 Å². The number of carbonyl (C=O) groups is 5. The van der Waals surface area contributed by atoms with Crippen molar-refractivity contribution in [3.05, 3.63) is 59.8 Å². The van der Waals surface area contributed by atoms with Crippen molar-refractivity contribution in [1.82, 2.24) is 20.4 Å². The minimum atomic E-state index is -1.47. The molecular formula is C29H31FN6O7S. The maximum absolute atomic E-state index is 15.2. The molecule has 1 unspecified atom stereocenters. The molecule has 13 nitrogen and oxygen atoms in total. The van der Waals surface area contributed by atoms with Crippen LogP contribution < -0.4 is 25.2 Å². The van der Waals surface area contributed by atoms with E-state index in [1.54, 1.807) is 60.2 Å². The van der Waals surface area contributed by atoms with E-state index in [-0.39, 0.29) is 43.7 Å². The fraction of sp³-hybridized carbons (Fsp3) is 0.379. The Morgan fingerprint density at radius 2 is 1.91 bits per heavy atom. The molecule has 5 rings (SSSR count). The molecule has 44 heavy (non-hydrogen) atoms. The lowest BCUT2D eigenvalue weighted by atomic mass is 10.0. The average Bonchev–Trinajstić information content (AvgIpc) is 3.34. The summed E-state index contributed by atoms with van der Waals surface area (Å²) in [6.07, 6.45) is 2.17. The molecule has 15 heteroatoms. The Bertz CT molecular complexity index is 1550. The molecule has 2 aromatic rings. The number of pyridine rings is 1. The summed E-state index contributed by atoms with van der Waals surface area (Å²) in [5, 5.41) is 16.8. The molecule has 4 heterocycles. The summed E-state index contributed by atoms with van der Waals surface area (Å²) in [6.45, 7) is 1.95. The minimum Gasteiger partial charge on any atom is -0.543 e. The van der Waals surface area contributed by atoms with E-state index in [1.807, 2.05) is 0 Å². The Balaban J connectivity index is 1.26. The normalized spacial score (nSPS) is 21.2. The minimum absolute atomic E-state index is 0.102. The standard InChI is InChI=1S/C29H31FN6O7S/c1-16(37)31-11-20-13-35(29(42)43-20)19-4-5-21(22(30)10-19)17-6-8-34(9-7-17)12-18-15-44-27-24(32-23(38)14-33(2)3)26(39)36(27)25(18)28(40)41/h4-10,20,24,27H,11-15H2,1-3H3,(H2-,31,32,37,38,40,41)/t20-,24+,27?/m0/s1. The van der Waals surface area contributed by atoms with Gasteiger partial charge >= 0.3 is 6.09 Å². The van der Waals surface area contributed by atoms with Gasteiger partial charge in [-0.05, 0) is 37.9 Å². The topological polar surface area (TPSA) is 155 Å². The van der Waals surface area contributed by atoms with Gasteiger partial charge in [-0.2, -0.15) is 0 Å². The Hall–Kier alpha value is -4.50. The molecule has 4 amide bonds. The Morgan fingerprint density at radius 3 is 2.55 bits per heavy atom. The van der Waals surface area contributed by atoms with Crippen molar-refractivity contribution in [3.8, 4) is 11.1 Å². The van der Waals surface area contributed by atoms with E-state index in [0.29, 0.717) is 28.1 Å². The number of ether oxygens (including phenoxy) is 1. The number of nitrogens with zero attached hydrogens (tertiary/aromatic N) is 4. The number of amides is 4. The number of hydrogen-bond acceptors (Lipinski definition) is 9. The van der Waals surface area contributed by atoms with Gasteiger partial charge in [-0.3, -0.25) is 24.2 Å². The number of rotatable bonds is 10. The van der Waals surface area contributed by atoms with Crippen LogP contribution in [0, 0.1) is 5.82 Å². The summed E-state index contributed by atoms with van der Waals surface area (Å²) in [5.41, 5.74) is 1.44. The molecule has 3 atom stereocenters. The molecule has 232 valence electrons. The monoisotopic (exact) mass is 626 g/mol. The van der Waals surface area contributed by atoms with E-state index < -0.39 is 41.3 Å². The van der Waals surface area contributed by atoms with Gasteiger partial charge in [0.2, 0.25) is 11.8 Å². The quantitative estimate of drug-likeness (QED) is 0.255. The molecule has 1 aromatic carbocycles. The van der Waals surface area contributed by atoms with Crippen LogP contribution >= 0.6 is 11.8 Å². The maximum atomic E-state index is 15.2. The van der Waals surface area contributed by atoms with Gasteiger partial charge in [0.05, 0.1) is 37.0 Å². The number of carboxylic acid groups (broad SMARTS) is 1. The highest BCUT2D eigenvalue weighted by atomic mass is 32.2. The van der Waals surface area contributed by atoms with Gasteiger partial charge in [0, 0.05) is 35.9 Å². The molecule has 0 spiro atoms. The summed E-state index contributed by atoms with van der Waals surface area (Å²) < 4.78 is 22.1. The molecule has 2 fully saturated rings. The fourth-order valence-corrected chi connectivity index (χ4v) is 6.60. The summed E-state index contributed by atoms with van der Waals surface area (Å²) in [6, 6.07) is 6.94. The molecule has 3 aliphatic rings. The molecule has 2 saturated heterocycles.